The van der Waals surface area contributed by atoms with Crippen LogP contribution in [0.4, 0.5) is 4.79 Å². The van der Waals surface area contributed by atoms with Crippen LogP contribution in [-0.4, -0.2) is 42.3 Å². The number of ether oxygens (including phenoxy) is 1. The highest BCUT2D eigenvalue weighted by molar-refractivity contribution is 5.75. The number of fused-ring (bicyclic) bond motifs is 3. The molecule has 2 aliphatic heterocycles. The summed E-state index contributed by atoms with van der Waals surface area (Å²) in [5.41, 5.74) is 2.24. The van der Waals surface area contributed by atoms with Gasteiger partial charge in [-0.25, -0.2) is 4.79 Å². The quantitative estimate of drug-likeness (QED) is 0.784. The zero-order valence-corrected chi connectivity index (χ0v) is 17.0. The minimum atomic E-state index is -0.121. The van der Waals surface area contributed by atoms with Crippen molar-refractivity contribution in [1.82, 2.24) is 10.2 Å². The van der Waals surface area contributed by atoms with Gasteiger partial charge in [0, 0.05) is 25.1 Å². The molecule has 2 aromatic rings. The van der Waals surface area contributed by atoms with E-state index in [2.05, 4.69) is 17.4 Å². The number of aliphatic hydroxyl groups excluding tert-OH is 1. The van der Waals surface area contributed by atoms with Gasteiger partial charge in [-0.05, 0) is 54.9 Å². The number of benzene rings is 2. The summed E-state index contributed by atoms with van der Waals surface area (Å²) in [6.45, 7) is 0.963. The second-order valence-corrected chi connectivity index (χ2v) is 8.31. The molecule has 2 saturated heterocycles. The van der Waals surface area contributed by atoms with Crippen LogP contribution in [-0.2, 0) is 6.42 Å². The highest BCUT2D eigenvalue weighted by Crippen LogP contribution is 2.39. The first-order chi connectivity index (χ1) is 14.2. The molecule has 4 unspecified atom stereocenters. The molecule has 0 spiro atoms. The Morgan fingerprint density at radius 2 is 1.93 bits per heavy atom. The van der Waals surface area contributed by atoms with E-state index in [1.807, 2.05) is 47.4 Å². The van der Waals surface area contributed by atoms with Crippen LogP contribution in [0.15, 0.2) is 54.6 Å². The van der Waals surface area contributed by atoms with Gasteiger partial charge >= 0.3 is 6.03 Å². The molecule has 4 atom stereocenters. The number of nitrogens with one attached hydrogen (secondary N) is 1. The summed E-state index contributed by atoms with van der Waals surface area (Å²) < 4.78 is 5.28. The Bertz CT molecular complexity index is 809. The minimum Gasteiger partial charge on any atom is -0.497 e. The highest BCUT2D eigenvalue weighted by Gasteiger charge is 2.42. The number of carbonyl (C=O) groups excluding carboxylic acids is 1. The average Bonchev–Trinajstić information content (AvgIpc) is 2.79. The third kappa shape index (κ3) is 4.40. The fourth-order valence-corrected chi connectivity index (χ4v) is 4.93. The van der Waals surface area contributed by atoms with Gasteiger partial charge in [-0.15, -0.1) is 0 Å². The van der Waals surface area contributed by atoms with Crippen molar-refractivity contribution in [1.29, 1.82) is 0 Å². The van der Waals surface area contributed by atoms with E-state index in [1.54, 1.807) is 7.11 Å². The van der Waals surface area contributed by atoms with Gasteiger partial charge in [0.25, 0.3) is 0 Å². The Morgan fingerprint density at radius 1 is 1.17 bits per heavy atom. The highest BCUT2D eigenvalue weighted by atomic mass is 16.5. The second kappa shape index (κ2) is 8.87. The average molecular weight is 395 g/mol. The second-order valence-electron chi connectivity index (χ2n) is 8.31. The van der Waals surface area contributed by atoms with Crippen molar-refractivity contribution in [3.8, 4) is 5.75 Å². The fraction of sp³-hybridized carbons (Fsp3) is 0.458. The monoisotopic (exact) mass is 394 g/mol. The minimum absolute atomic E-state index is 0.0189. The van der Waals surface area contributed by atoms with Gasteiger partial charge in [-0.2, -0.15) is 0 Å². The zero-order valence-electron chi connectivity index (χ0n) is 17.0. The Balaban J connectivity index is 1.53. The van der Waals surface area contributed by atoms with Gasteiger partial charge in [0.15, 0.2) is 0 Å². The Hall–Kier alpha value is -2.53. The first-order valence-corrected chi connectivity index (χ1v) is 10.5. The zero-order chi connectivity index (χ0) is 20.2. The van der Waals surface area contributed by atoms with Crippen LogP contribution in [0, 0.1) is 11.8 Å². The van der Waals surface area contributed by atoms with Crippen molar-refractivity contribution in [2.75, 3.05) is 20.3 Å². The number of hydrogen-bond acceptors (Lipinski definition) is 3. The van der Waals surface area contributed by atoms with Crippen LogP contribution >= 0.6 is 0 Å². The molecule has 5 rings (SSSR count). The maximum absolute atomic E-state index is 13.3. The maximum atomic E-state index is 13.3. The number of nitrogens with zero attached hydrogens (tertiary/aromatic N) is 1. The Morgan fingerprint density at radius 3 is 2.59 bits per heavy atom. The first-order valence-electron chi connectivity index (χ1n) is 10.5. The molecule has 5 heteroatoms. The molecule has 0 aromatic heterocycles. The molecule has 2 heterocycles. The molecule has 2 bridgehead atoms. The summed E-state index contributed by atoms with van der Waals surface area (Å²) >= 11 is 0. The van der Waals surface area contributed by atoms with Crippen LogP contribution in [0.1, 0.15) is 36.4 Å². The van der Waals surface area contributed by atoms with E-state index in [0.29, 0.717) is 5.92 Å². The van der Waals surface area contributed by atoms with Crippen molar-refractivity contribution in [2.24, 2.45) is 11.8 Å². The molecular weight excluding hydrogens is 364 g/mol. The SMILES string of the molecule is COc1ccc(C(Cc2ccccc2)NC(=O)N2CC3CCC2C(CO)C3)cc1. The number of rotatable bonds is 6. The number of methoxy groups -OCH3 is 1. The van der Waals surface area contributed by atoms with Gasteiger partial charge in [0.2, 0.25) is 0 Å². The predicted molar refractivity (Wildman–Crippen MR) is 113 cm³/mol. The molecular formula is C24H30N2O3. The molecule has 29 heavy (non-hydrogen) atoms. The van der Waals surface area contributed by atoms with Crippen molar-refractivity contribution < 1.29 is 14.6 Å². The van der Waals surface area contributed by atoms with Gasteiger partial charge < -0.3 is 20.1 Å². The lowest BCUT2D eigenvalue weighted by molar-refractivity contribution is 0.00327. The van der Waals surface area contributed by atoms with Crippen LogP contribution < -0.4 is 10.1 Å². The normalized spacial score (nSPS) is 24.2. The number of aliphatic hydroxyl groups is 1. The van der Waals surface area contributed by atoms with E-state index < -0.39 is 0 Å². The van der Waals surface area contributed by atoms with E-state index in [1.165, 1.54) is 5.56 Å². The third-order valence-electron chi connectivity index (χ3n) is 6.50. The van der Waals surface area contributed by atoms with Gasteiger partial charge in [-0.1, -0.05) is 42.5 Å². The lowest BCUT2D eigenvalue weighted by Crippen LogP contribution is -2.58. The lowest BCUT2D eigenvalue weighted by atomic mass is 9.73. The lowest BCUT2D eigenvalue weighted by Gasteiger charge is -2.49. The molecule has 0 radical (unpaired) electrons. The predicted octanol–water partition coefficient (Wildman–Crippen LogP) is 3.78. The van der Waals surface area contributed by atoms with Crippen molar-refractivity contribution in [3.05, 3.63) is 65.7 Å². The van der Waals surface area contributed by atoms with Crippen LogP contribution in [0.2, 0.25) is 0 Å². The number of piperidine rings is 2. The molecule has 2 amide bonds. The smallest absolute Gasteiger partial charge is 0.318 e. The molecule has 1 saturated carbocycles. The summed E-state index contributed by atoms with van der Waals surface area (Å²) in [5, 5.41) is 13.0. The summed E-state index contributed by atoms with van der Waals surface area (Å²) in [7, 11) is 1.65. The molecule has 2 aromatic carbocycles. The van der Waals surface area contributed by atoms with Crippen LogP contribution in [0.3, 0.4) is 0 Å². The molecule has 5 nitrogen and oxygen atoms in total. The first kappa shape index (κ1) is 19.8. The summed E-state index contributed by atoms with van der Waals surface area (Å²) in [6, 6.07) is 18.2. The third-order valence-corrected chi connectivity index (χ3v) is 6.50. The fourth-order valence-electron chi connectivity index (χ4n) is 4.93. The van der Waals surface area contributed by atoms with Gasteiger partial charge in [0.05, 0.1) is 13.2 Å². The largest absolute Gasteiger partial charge is 0.497 e. The molecule has 154 valence electrons. The summed E-state index contributed by atoms with van der Waals surface area (Å²) in [6.07, 6.45) is 3.92. The molecule has 1 aliphatic carbocycles. The standard InChI is InChI=1S/C24H30N2O3/c1-29-21-10-8-19(9-11-21)22(14-17-5-3-2-4-6-17)25-24(28)26-15-18-7-12-23(26)20(13-18)16-27/h2-6,8-11,18,20,22-23,27H,7,12-16H2,1H3,(H,25,28). The van der Waals surface area contributed by atoms with Crippen molar-refractivity contribution >= 4 is 6.03 Å². The van der Waals surface area contributed by atoms with Crippen LogP contribution in [0.25, 0.3) is 0 Å². The number of carbonyl (C=O) groups is 1. The van der Waals surface area contributed by atoms with E-state index in [-0.39, 0.29) is 30.6 Å². The Kier molecular flexibility index (Phi) is 6.05. The van der Waals surface area contributed by atoms with Crippen molar-refractivity contribution in [2.45, 2.75) is 37.8 Å². The van der Waals surface area contributed by atoms with Crippen molar-refractivity contribution in [3.63, 3.8) is 0 Å². The van der Waals surface area contributed by atoms with Gasteiger partial charge in [-0.3, -0.25) is 0 Å². The number of hydrogen-bond donors (Lipinski definition) is 2. The van der Waals surface area contributed by atoms with E-state index >= 15 is 0 Å². The molecule has 3 aliphatic rings. The van der Waals surface area contributed by atoms with E-state index in [9.17, 15) is 9.90 Å². The maximum Gasteiger partial charge on any atom is 0.318 e. The summed E-state index contributed by atoms with van der Waals surface area (Å²) in [4.78, 5) is 15.2. The molecule has 3 fully saturated rings. The number of urea groups is 1. The van der Waals surface area contributed by atoms with Gasteiger partial charge in [0.1, 0.15) is 5.75 Å². The topological polar surface area (TPSA) is 61.8 Å². The van der Waals surface area contributed by atoms with E-state index in [4.69, 9.17) is 4.74 Å². The van der Waals surface area contributed by atoms with E-state index in [0.717, 1.165) is 43.5 Å². The summed E-state index contributed by atoms with van der Waals surface area (Å²) in [5.74, 6) is 1.52. The number of amides is 2. The van der Waals surface area contributed by atoms with Crippen LogP contribution in [0.5, 0.6) is 5.75 Å². The molecule has 2 N–H and O–H groups in total. The Labute approximate surface area is 172 Å².